The van der Waals surface area contributed by atoms with Crippen molar-refractivity contribution in [3.63, 3.8) is 0 Å². The highest BCUT2D eigenvalue weighted by molar-refractivity contribution is 5.96. The predicted molar refractivity (Wildman–Crippen MR) is 103 cm³/mol. The lowest BCUT2D eigenvalue weighted by Crippen LogP contribution is -2.45. The van der Waals surface area contributed by atoms with Crippen molar-refractivity contribution in [1.29, 1.82) is 0 Å². The minimum atomic E-state index is -0.627. The molecule has 0 bridgehead atoms. The van der Waals surface area contributed by atoms with Crippen LogP contribution in [0.4, 0.5) is 10.5 Å². The van der Waals surface area contributed by atoms with Crippen molar-refractivity contribution in [3.8, 4) is 5.75 Å². The van der Waals surface area contributed by atoms with E-state index in [1.165, 1.54) is 6.26 Å². The van der Waals surface area contributed by atoms with Crippen molar-refractivity contribution < 1.29 is 23.5 Å². The van der Waals surface area contributed by atoms with E-state index in [0.717, 1.165) is 0 Å². The molecule has 0 aliphatic carbocycles. The zero-order chi connectivity index (χ0) is 20.4. The zero-order valence-corrected chi connectivity index (χ0v) is 15.9. The van der Waals surface area contributed by atoms with Crippen molar-refractivity contribution in [2.24, 2.45) is 0 Å². The lowest BCUT2D eigenvalue weighted by molar-refractivity contribution is -0.122. The number of anilines is 1. The van der Waals surface area contributed by atoms with Crippen LogP contribution in [0.3, 0.4) is 0 Å². The fourth-order valence-electron chi connectivity index (χ4n) is 2.38. The third kappa shape index (κ3) is 7.12. The van der Waals surface area contributed by atoms with Gasteiger partial charge in [-0.1, -0.05) is 13.0 Å². The van der Waals surface area contributed by atoms with Crippen LogP contribution < -0.4 is 20.7 Å². The molecule has 0 fully saturated rings. The normalized spacial score (nSPS) is 10.4. The zero-order valence-electron chi connectivity index (χ0n) is 15.9. The molecule has 0 atom stereocenters. The van der Waals surface area contributed by atoms with Gasteiger partial charge in [-0.05, 0) is 30.8 Å². The Bertz CT molecular complexity index is 791. The van der Waals surface area contributed by atoms with E-state index in [9.17, 15) is 14.4 Å². The molecule has 4 amide bonds. The van der Waals surface area contributed by atoms with E-state index in [-0.39, 0.29) is 25.5 Å². The van der Waals surface area contributed by atoms with Crippen molar-refractivity contribution in [2.45, 2.75) is 13.5 Å². The SMILES string of the molecule is CCN(CC(=O)NC(=O)NCc1ccco1)CC(=O)Nc1cccc(OC)c1. The Morgan fingerprint density at radius 3 is 2.57 bits per heavy atom. The predicted octanol–water partition coefficient (Wildman–Crippen LogP) is 1.57. The van der Waals surface area contributed by atoms with Gasteiger partial charge in [0.2, 0.25) is 11.8 Å². The van der Waals surface area contributed by atoms with Crippen LogP contribution in [0.15, 0.2) is 47.1 Å². The number of methoxy groups -OCH3 is 1. The number of carbonyl (C=O) groups is 3. The number of carbonyl (C=O) groups excluding carboxylic acids is 3. The summed E-state index contributed by atoms with van der Waals surface area (Å²) in [6, 6.07) is 9.77. The van der Waals surface area contributed by atoms with Crippen LogP contribution in [-0.4, -0.2) is 49.5 Å². The van der Waals surface area contributed by atoms with Gasteiger partial charge in [0.25, 0.3) is 0 Å². The number of nitrogens with zero attached hydrogens (tertiary/aromatic N) is 1. The maximum atomic E-state index is 12.2. The molecule has 0 spiro atoms. The monoisotopic (exact) mass is 388 g/mol. The number of likely N-dealkylation sites (N-methyl/N-ethyl adjacent to an activating group) is 1. The standard InChI is InChI=1S/C19H24N4O5/c1-3-23(12-17(24)21-14-6-4-7-15(10-14)27-2)13-18(25)22-19(26)20-11-16-8-5-9-28-16/h4-10H,3,11-13H2,1-2H3,(H,21,24)(H2,20,22,25,26). The van der Waals surface area contributed by atoms with Crippen LogP contribution in [0.25, 0.3) is 0 Å². The fourth-order valence-corrected chi connectivity index (χ4v) is 2.38. The minimum Gasteiger partial charge on any atom is -0.497 e. The quantitative estimate of drug-likeness (QED) is 0.601. The number of furan rings is 1. The number of urea groups is 1. The Kier molecular flexibility index (Phi) is 8.04. The summed E-state index contributed by atoms with van der Waals surface area (Å²) in [4.78, 5) is 37.6. The molecule has 3 N–H and O–H groups in total. The van der Waals surface area contributed by atoms with Gasteiger partial charge in [0.15, 0.2) is 0 Å². The third-order valence-corrected chi connectivity index (χ3v) is 3.79. The lowest BCUT2D eigenvalue weighted by Gasteiger charge is -2.19. The molecule has 28 heavy (non-hydrogen) atoms. The summed E-state index contributed by atoms with van der Waals surface area (Å²) in [6.07, 6.45) is 1.50. The van der Waals surface area contributed by atoms with E-state index in [4.69, 9.17) is 9.15 Å². The van der Waals surface area contributed by atoms with Gasteiger partial charge < -0.3 is 19.8 Å². The van der Waals surface area contributed by atoms with Gasteiger partial charge in [-0.25, -0.2) is 4.79 Å². The Hall–Kier alpha value is -3.33. The number of imide groups is 1. The summed E-state index contributed by atoms with van der Waals surface area (Å²) in [7, 11) is 1.54. The number of hydrogen-bond donors (Lipinski definition) is 3. The van der Waals surface area contributed by atoms with Crippen LogP contribution in [0.1, 0.15) is 12.7 Å². The Labute approximate surface area is 163 Å². The summed E-state index contributed by atoms with van der Waals surface area (Å²) >= 11 is 0. The molecule has 2 aromatic rings. The number of benzene rings is 1. The average Bonchev–Trinajstić information content (AvgIpc) is 3.19. The fraction of sp³-hybridized carbons (Fsp3) is 0.316. The molecule has 9 heteroatoms. The highest BCUT2D eigenvalue weighted by Crippen LogP contribution is 2.16. The summed E-state index contributed by atoms with van der Waals surface area (Å²) in [5.41, 5.74) is 0.599. The number of nitrogens with one attached hydrogen (secondary N) is 3. The second-order valence-corrected chi connectivity index (χ2v) is 5.89. The summed E-state index contributed by atoms with van der Waals surface area (Å²) in [5, 5.41) is 7.49. The van der Waals surface area contributed by atoms with Crippen molar-refractivity contribution >= 4 is 23.5 Å². The smallest absolute Gasteiger partial charge is 0.321 e. The molecule has 9 nitrogen and oxygen atoms in total. The second kappa shape index (κ2) is 10.7. The van der Waals surface area contributed by atoms with Crippen LogP contribution in [0.5, 0.6) is 5.75 Å². The molecule has 0 radical (unpaired) electrons. The van der Waals surface area contributed by atoms with Gasteiger partial charge in [0.05, 0.1) is 33.0 Å². The number of ether oxygens (including phenoxy) is 1. The molecule has 1 aromatic heterocycles. The molecule has 0 aliphatic rings. The average molecular weight is 388 g/mol. The highest BCUT2D eigenvalue weighted by atomic mass is 16.5. The molecule has 0 saturated heterocycles. The van der Waals surface area contributed by atoms with Gasteiger partial charge in [0.1, 0.15) is 11.5 Å². The number of amides is 4. The first-order valence-corrected chi connectivity index (χ1v) is 8.76. The van der Waals surface area contributed by atoms with Crippen LogP contribution in [-0.2, 0) is 16.1 Å². The largest absolute Gasteiger partial charge is 0.497 e. The van der Waals surface area contributed by atoms with E-state index < -0.39 is 11.9 Å². The molecular weight excluding hydrogens is 364 g/mol. The first-order valence-electron chi connectivity index (χ1n) is 8.76. The van der Waals surface area contributed by atoms with Gasteiger partial charge >= 0.3 is 6.03 Å². The van der Waals surface area contributed by atoms with Crippen LogP contribution >= 0.6 is 0 Å². The maximum absolute atomic E-state index is 12.2. The molecule has 0 unspecified atom stereocenters. The number of rotatable bonds is 9. The summed E-state index contributed by atoms with van der Waals surface area (Å²) in [6.45, 7) is 2.38. The van der Waals surface area contributed by atoms with Crippen LogP contribution in [0.2, 0.25) is 0 Å². The summed E-state index contributed by atoms with van der Waals surface area (Å²) < 4.78 is 10.2. The molecular formula is C19H24N4O5. The van der Waals surface area contributed by atoms with E-state index >= 15 is 0 Å². The van der Waals surface area contributed by atoms with E-state index in [1.54, 1.807) is 48.4 Å². The van der Waals surface area contributed by atoms with E-state index in [1.807, 2.05) is 6.92 Å². The van der Waals surface area contributed by atoms with Gasteiger partial charge in [0, 0.05) is 11.8 Å². The van der Waals surface area contributed by atoms with Gasteiger partial charge in [-0.15, -0.1) is 0 Å². The van der Waals surface area contributed by atoms with Crippen molar-refractivity contribution in [2.75, 3.05) is 32.1 Å². The lowest BCUT2D eigenvalue weighted by atomic mass is 10.3. The first kappa shape index (κ1) is 21.0. The van der Waals surface area contributed by atoms with Gasteiger partial charge in [-0.2, -0.15) is 0 Å². The summed E-state index contributed by atoms with van der Waals surface area (Å²) in [5.74, 6) is 0.426. The van der Waals surface area contributed by atoms with Crippen molar-refractivity contribution in [3.05, 3.63) is 48.4 Å². The highest BCUT2D eigenvalue weighted by Gasteiger charge is 2.15. The molecule has 1 heterocycles. The molecule has 150 valence electrons. The maximum Gasteiger partial charge on any atom is 0.321 e. The third-order valence-electron chi connectivity index (χ3n) is 3.79. The van der Waals surface area contributed by atoms with E-state index in [0.29, 0.717) is 23.7 Å². The van der Waals surface area contributed by atoms with Gasteiger partial charge in [-0.3, -0.25) is 19.8 Å². The van der Waals surface area contributed by atoms with Crippen molar-refractivity contribution in [1.82, 2.24) is 15.5 Å². The Morgan fingerprint density at radius 2 is 1.89 bits per heavy atom. The Morgan fingerprint density at radius 1 is 1.11 bits per heavy atom. The Balaban J connectivity index is 1.76. The second-order valence-electron chi connectivity index (χ2n) is 5.89. The molecule has 2 rings (SSSR count). The minimum absolute atomic E-state index is 0.00907. The van der Waals surface area contributed by atoms with E-state index in [2.05, 4.69) is 16.0 Å². The van der Waals surface area contributed by atoms with Crippen LogP contribution in [0, 0.1) is 0 Å². The molecule has 0 saturated carbocycles. The topological polar surface area (TPSA) is 113 Å². The molecule has 0 aliphatic heterocycles. The number of hydrogen-bond acceptors (Lipinski definition) is 6. The molecule has 1 aromatic carbocycles. The first-order chi connectivity index (χ1) is 13.5.